The first-order chi connectivity index (χ1) is 14.6. The number of ether oxygens (including phenoxy) is 1. The fourth-order valence-electron chi connectivity index (χ4n) is 3.04. The van der Waals surface area contributed by atoms with Gasteiger partial charge in [0.1, 0.15) is 18.2 Å². The van der Waals surface area contributed by atoms with Crippen LogP contribution in [0.3, 0.4) is 0 Å². The predicted molar refractivity (Wildman–Crippen MR) is 115 cm³/mol. The number of halogens is 1. The molecule has 6 heteroatoms. The van der Waals surface area contributed by atoms with Crippen LogP contribution in [0.1, 0.15) is 16.7 Å². The zero-order valence-electron chi connectivity index (χ0n) is 16.0. The lowest BCUT2D eigenvalue weighted by atomic mass is 10.1. The third-order valence-corrected chi connectivity index (χ3v) is 5.51. The summed E-state index contributed by atoms with van der Waals surface area (Å²) in [6, 6.07) is 23.2. The summed E-state index contributed by atoms with van der Waals surface area (Å²) in [6.45, 7) is 0.293. The van der Waals surface area contributed by atoms with Gasteiger partial charge in [-0.15, -0.1) is 0 Å². The van der Waals surface area contributed by atoms with Crippen LogP contribution in [-0.4, -0.2) is 16.0 Å². The standard InChI is InChI=1S/C24H18FNO3S/c25-20-12-6-4-11-19(20)15-26-23(27)22(30-24(26)28)14-18-10-5-7-13-21(18)29-16-17-8-2-1-3-9-17/h1-14H,15-16H2/b22-14+. The van der Waals surface area contributed by atoms with Gasteiger partial charge in [0, 0.05) is 11.1 Å². The minimum Gasteiger partial charge on any atom is -0.488 e. The third kappa shape index (κ3) is 4.44. The number of amides is 2. The molecule has 3 aromatic carbocycles. The fraction of sp³-hybridized carbons (Fsp3) is 0.0833. The van der Waals surface area contributed by atoms with Crippen LogP contribution >= 0.6 is 11.8 Å². The van der Waals surface area contributed by atoms with Gasteiger partial charge < -0.3 is 4.74 Å². The molecule has 4 rings (SSSR count). The number of hydrogen-bond donors (Lipinski definition) is 0. The van der Waals surface area contributed by atoms with Gasteiger partial charge >= 0.3 is 0 Å². The van der Waals surface area contributed by atoms with Crippen molar-refractivity contribution in [1.29, 1.82) is 0 Å². The van der Waals surface area contributed by atoms with Gasteiger partial charge in [0.15, 0.2) is 0 Å². The molecule has 0 unspecified atom stereocenters. The Hall–Kier alpha value is -3.38. The number of benzene rings is 3. The Morgan fingerprint density at radius 3 is 2.40 bits per heavy atom. The second kappa shape index (κ2) is 8.97. The van der Waals surface area contributed by atoms with E-state index in [1.54, 1.807) is 24.3 Å². The first kappa shape index (κ1) is 19.9. The highest BCUT2D eigenvalue weighted by Crippen LogP contribution is 2.35. The molecule has 3 aromatic rings. The van der Waals surface area contributed by atoms with Crippen LogP contribution in [0.25, 0.3) is 6.08 Å². The van der Waals surface area contributed by atoms with Gasteiger partial charge in [-0.1, -0.05) is 66.7 Å². The Morgan fingerprint density at radius 1 is 0.900 bits per heavy atom. The monoisotopic (exact) mass is 419 g/mol. The molecule has 2 amide bonds. The van der Waals surface area contributed by atoms with E-state index in [0.717, 1.165) is 22.2 Å². The maximum atomic E-state index is 13.9. The molecule has 0 radical (unpaired) electrons. The van der Waals surface area contributed by atoms with E-state index in [1.165, 1.54) is 6.07 Å². The zero-order valence-corrected chi connectivity index (χ0v) is 16.8. The van der Waals surface area contributed by atoms with Crippen molar-refractivity contribution >= 4 is 29.0 Å². The number of para-hydroxylation sites is 1. The molecule has 0 aromatic heterocycles. The SMILES string of the molecule is O=C1S/C(=C/c2ccccc2OCc2ccccc2)C(=O)N1Cc1ccccc1F. The molecule has 1 fully saturated rings. The number of hydrogen-bond acceptors (Lipinski definition) is 4. The molecule has 4 nitrogen and oxygen atoms in total. The topological polar surface area (TPSA) is 46.6 Å². The number of imide groups is 1. The zero-order chi connectivity index (χ0) is 20.9. The lowest BCUT2D eigenvalue weighted by Crippen LogP contribution is -2.27. The quantitative estimate of drug-likeness (QED) is 0.485. The van der Waals surface area contributed by atoms with Crippen LogP contribution < -0.4 is 4.74 Å². The summed E-state index contributed by atoms with van der Waals surface area (Å²) in [5.41, 5.74) is 2.02. The molecule has 0 spiro atoms. The summed E-state index contributed by atoms with van der Waals surface area (Å²) in [5, 5.41) is -0.419. The summed E-state index contributed by atoms with van der Waals surface area (Å²) in [5.74, 6) is -0.270. The van der Waals surface area contributed by atoms with E-state index in [-0.39, 0.29) is 11.4 Å². The summed E-state index contributed by atoms with van der Waals surface area (Å²) in [7, 11) is 0. The van der Waals surface area contributed by atoms with Crippen molar-refractivity contribution in [2.75, 3.05) is 0 Å². The Balaban J connectivity index is 1.53. The van der Waals surface area contributed by atoms with Crippen molar-refractivity contribution in [2.45, 2.75) is 13.2 Å². The number of carbonyl (C=O) groups excluding carboxylic acids is 2. The van der Waals surface area contributed by atoms with E-state index in [2.05, 4.69) is 0 Å². The average Bonchev–Trinajstić information content (AvgIpc) is 3.03. The molecule has 0 saturated carbocycles. The van der Waals surface area contributed by atoms with Crippen molar-refractivity contribution < 1.29 is 18.7 Å². The highest BCUT2D eigenvalue weighted by molar-refractivity contribution is 8.18. The minimum atomic E-state index is -0.444. The maximum Gasteiger partial charge on any atom is 0.293 e. The van der Waals surface area contributed by atoms with Crippen LogP contribution in [0.4, 0.5) is 9.18 Å². The molecule has 0 atom stereocenters. The van der Waals surface area contributed by atoms with E-state index in [4.69, 9.17) is 4.74 Å². The number of thioether (sulfide) groups is 1. The molecule has 0 N–H and O–H groups in total. The first-order valence-corrected chi connectivity index (χ1v) is 10.2. The van der Waals surface area contributed by atoms with Gasteiger partial charge in [0.2, 0.25) is 0 Å². The van der Waals surface area contributed by atoms with E-state index in [1.807, 2.05) is 54.6 Å². The van der Waals surface area contributed by atoms with Crippen LogP contribution in [0.5, 0.6) is 5.75 Å². The van der Waals surface area contributed by atoms with Gasteiger partial charge in [-0.25, -0.2) is 4.39 Å². The Labute approximate surface area is 178 Å². The molecular formula is C24H18FNO3S. The second-order valence-electron chi connectivity index (χ2n) is 6.67. The van der Waals surface area contributed by atoms with Crippen molar-refractivity contribution in [1.82, 2.24) is 4.90 Å². The molecule has 30 heavy (non-hydrogen) atoms. The van der Waals surface area contributed by atoms with E-state index in [9.17, 15) is 14.0 Å². The Kier molecular flexibility index (Phi) is 5.95. The molecule has 0 bridgehead atoms. The number of nitrogens with zero attached hydrogens (tertiary/aromatic N) is 1. The molecule has 0 aliphatic carbocycles. The van der Waals surface area contributed by atoms with E-state index >= 15 is 0 Å². The molecular weight excluding hydrogens is 401 g/mol. The van der Waals surface area contributed by atoms with Gasteiger partial charge in [0.25, 0.3) is 11.1 Å². The molecule has 150 valence electrons. The Bertz CT molecular complexity index is 1110. The highest BCUT2D eigenvalue weighted by atomic mass is 32.2. The normalized spacial score (nSPS) is 15.1. The van der Waals surface area contributed by atoms with Gasteiger partial charge in [0.05, 0.1) is 11.4 Å². The summed E-state index contributed by atoms with van der Waals surface area (Å²) in [6.07, 6.45) is 1.65. The average molecular weight is 419 g/mol. The van der Waals surface area contributed by atoms with E-state index in [0.29, 0.717) is 23.5 Å². The van der Waals surface area contributed by atoms with Crippen LogP contribution in [0.2, 0.25) is 0 Å². The predicted octanol–water partition coefficient (Wildman–Crippen LogP) is 5.64. The second-order valence-corrected chi connectivity index (χ2v) is 7.66. The van der Waals surface area contributed by atoms with Crippen molar-refractivity contribution in [3.63, 3.8) is 0 Å². The number of carbonyl (C=O) groups is 2. The smallest absolute Gasteiger partial charge is 0.293 e. The first-order valence-electron chi connectivity index (χ1n) is 9.36. The largest absolute Gasteiger partial charge is 0.488 e. The lowest BCUT2D eigenvalue weighted by molar-refractivity contribution is -0.123. The maximum absolute atomic E-state index is 13.9. The van der Waals surface area contributed by atoms with Crippen LogP contribution in [-0.2, 0) is 17.9 Å². The molecule has 1 aliphatic heterocycles. The summed E-state index contributed by atoms with van der Waals surface area (Å²) >= 11 is 0.845. The third-order valence-electron chi connectivity index (χ3n) is 4.60. The highest BCUT2D eigenvalue weighted by Gasteiger charge is 2.35. The van der Waals surface area contributed by atoms with Crippen molar-refractivity contribution in [3.8, 4) is 5.75 Å². The summed E-state index contributed by atoms with van der Waals surface area (Å²) < 4.78 is 19.9. The van der Waals surface area contributed by atoms with Crippen molar-refractivity contribution in [2.24, 2.45) is 0 Å². The Morgan fingerprint density at radius 2 is 1.60 bits per heavy atom. The lowest BCUT2D eigenvalue weighted by Gasteiger charge is -2.13. The van der Waals surface area contributed by atoms with Crippen LogP contribution in [0.15, 0.2) is 83.8 Å². The molecule has 1 saturated heterocycles. The van der Waals surface area contributed by atoms with Crippen LogP contribution in [0, 0.1) is 5.82 Å². The van der Waals surface area contributed by atoms with Gasteiger partial charge in [-0.2, -0.15) is 0 Å². The fourth-order valence-corrected chi connectivity index (χ4v) is 3.87. The number of rotatable bonds is 6. The van der Waals surface area contributed by atoms with Crippen molar-refractivity contribution in [3.05, 3.63) is 106 Å². The molecule has 1 aliphatic rings. The minimum absolute atomic E-state index is 0.0964. The van der Waals surface area contributed by atoms with E-state index < -0.39 is 17.0 Å². The molecule has 1 heterocycles. The van der Waals surface area contributed by atoms with Gasteiger partial charge in [-0.05, 0) is 35.5 Å². The summed E-state index contributed by atoms with van der Waals surface area (Å²) in [4.78, 5) is 26.5. The van der Waals surface area contributed by atoms with Gasteiger partial charge in [-0.3, -0.25) is 14.5 Å².